The summed E-state index contributed by atoms with van der Waals surface area (Å²) in [6.07, 6.45) is 7.84. The van der Waals surface area contributed by atoms with Gasteiger partial charge in [-0.1, -0.05) is 0 Å². The van der Waals surface area contributed by atoms with E-state index in [1.807, 2.05) is 0 Å². The van der Waals surface area contributed by atoms with Gasteiger partial charge in [0.2, 0.25) is 0 Å². The number of carbonyl (C=O) groups excluding carboxylic acids is 1. The molecule has 1 saturated heterocycles. The lowest BCUT2D eigenvalue weighted by Gasteiger charge is -2.22. The molecule has 1 unspecified atom stereocenters. The van der Waals surface area contributed by atoms with Crippen molar-refractivity contribution in [3.05, 3.63) is 42.7 Å². The number of pyridine rings is 1. The molecule has 0 aromatic carbocycles. The third-order valence-electron chi connectivity index (χ3n) is 3.58. The van der Waals surface area contributed by atoms with Crippen LogP contribution in [0.4, 0.5) is 0 Å². The summed E-state index contributed by atoms with van der Waals surface area (Å²) in [6.45, 7) is 0. The summed E-state index contributed by atoms with van der Waals surface area (Å²) in [4.78, 5) is 20.3. The quantitative estimate of drug-likeness (QED) is 0.892. The van der Waals surface area contributed by atoms with Gasteiger partial charge in [-0.2, -0.15) is 0 Å². The van der Waals surface area contributed by atoms with E-state index in [0.29, 0.717) is 12.8 Å². The fraction of sp³-hybridized carbons (Fsp3) is 0.357. The van der Waals surface area contributed by atoms with Gasteiger partial charge in [0.15, 0.2) is 9.84 Å². The molecule has 22 heavy (non-hydrogen) atoms. The van der Waals surface area contributed by atoms with Gasteiger partial charge in [0.1, 0.15) is 5.69 Å². The Morgan fingerprint density at radius 3 is 2.95 bits per heavy atom. The Bertz CT molecular complexity index is 771. The van der Waals surface area contributed by atoms with E-state index >= 15 is 0 Å². The van der Waals surface area contributed by atoms with Crippen molar-refractivity contribution in [3.63, 3.8) is 0 Å². The largest absolute Gasteiger partial charge is 0.347 e. The molecule has 1 atom stereocenters. The second-order valence-corrected chi connectivity index (χ2v) is 7.52. The van der Waals surface area contributed by atoms with Crippen molar-refractivity contribution in [2.24, 2.45) is 0 Å². The first kappa shape index (κ1) is 14.7. The standard InChI is InChI=1S/C14H16N4O3S/c19-14(17-11-2-1-7-22(20,21)9-11)13-8-12(3-4-16-13)18-6-5-15-10-18/h3-6,8,10-11H,1-2,7,9H2,(H,17,19). The van der Waals surface area contributed by atoms with Crippen molar-refractivity contribution in [2.45, 2.75) is 18.9 Å². The molecule has 1 aliphatic rings. The molecule has 1 aliphatic heterocycles. The smallest absolute Gasteiger partial charge is 0.270 e. The average Bonchev–Trinajstić information content (AvgIpc) is 3.00. The first-order chi connectivity index (χ1) is 10.5. The van der Waals surface area contributed by atoms with Crippen LogP contribution in [0.5, 0.6) is 0 Å². The maximum Gasteiger partial charge on any atom is 0.270 e. The predicted octanol–water partition coefficient (Wildman–Crippen LogP) is 0.574. The van der Waals surface area contributed by atoms with E-state index < -0.39 is 9.84 Å². The van der Waals surface area contributed by atoms with E-state index in [2.05, 4.69) is 15.3 Å². The molecule has 1 amide bonds. The molecule has 8 heteroatoms. The molecule has 1 N–H and O–H groups in total. The first-order valence-electron chi connectivity index (χ1n) is 6.99. The average molecular weight is 320 g/mol. The number of amides is 1. The molecular weight excluding hydrogens is 304 g/mol. The lowest BCUT2D eigenvalue weighted by Crippen LogP contribution is -2.43. The van der Waals surface area contributed by atoms with Crippen LogP contribution >= 0.6 is 0 Å². The van der Waals surface area contributed by atoms with Crippen LogP contribution < -0.4 is 5.32 Å². The number of imidazole rings is 1. The van der Waals surface area contributed by atoms with E-state index in [1.54, 1.807) is 41.6 Å². The summed E-state index contributed by atoms with van der Waals surface area (Å²) >= 11 is 0. The SMILES string of the molecule is O=C(NC1CCCS(=O)(=O)C1)c1cc(-n2ccnc2)ccn1. The van der Waals surface area contributed by atoms with Crippen LogP contribution in [0.15, 0.2) is 37.1 Å². The summed E-state index contributed by atoms with van der Waals surface area (Å²) in [5, 5.41) is 2.76. The van der Waals surface area contributed by atoms with Crippen LogP contribution in [0.25, 0.3) is 5.69 Å². The molecule has 0 radical (unpaired) electrons. The summed E-state index contributed by atoms with van der Waals surface area (Å²) < 4.78 is 25.0. The van der Waals surface area contributed by atoms with Gasteiger partial charge in [-0.25, -0.2) is 13.4 Å². The highest BCUT2D eigenvalue weighted by molar-refractivity contribution is 7.91. The molecule has 3 rings (SSSR count). The van der Waals surface area contributed by atoms with Crippen LogP contribution in [0.3, 0.4) is 0 Å². The van der Waals surface area contributed by atoms with Gasteiger partial charge in [0, 0.05) is 24.6 Å². The first-order valence-corrected chi connectivity index (χ1v) is 8.81. The minimum atomic E-state index is -3.05. The number of nitrogens with one attached hydrogen (secondary N) is 1. The van der Waals surface area contributed by atoms with Gasteiger partial charge in [-0.05, 0) is 25.0 Å². The van der Waals surface area contributed by atoms with Crippen LogP contribution in [-0.4, -0.2) is 46.4 Å². The van der Waals surface area contributed by atoms with Crippen LogP contribution in [-0.2, 0) is 9.84 Å². The molecule has 0 bridgehead atoms. The van der Waals surface area contributed by atoms with Gasteiger partial charge in [0.05, 0.1) is 23.5 Å². The lowest BCUT2D eigenvalue weighted by atomic mass is 10.2. The molecule has 1 fully saturated rings. The third-order valence-corrected chi connectivity index (χ3v) is 5.40. The zero-order valence-electron chi connectivity index (χ0n) is 11.8. The summed E-state index contributed by atoms with van der Waals surface area (Å²) in [5.41, 5.74) is 1.03. The molecule has 2 aromatic rings. The van der Waals surface area contributed by atoms with Gasteiger partial charge in [0.25, 0.3) is 5.91 Å². The highest BCUT2D eigenvalue weighted by Crippen LogP contribution is 2.13. The Labute approximate surface area is 128 Å². The van der Waals surface area contributed by atoms with Gasteiger partial charge >= 0.3 is 0 Å². The van der Waals surface area contributed by atoms with Crippen molar-refractivity contribution in [2.75, 3.05) is 11.5 Å². The molecule has 7 nitrogen and oxygen atoms in total. The maximum absolute atomic E-state index is 12.3. The van der Waals surface area contributed by atoms with Crippen LogP contribution in [0.1, 0.15) is 23.3 Å². The number of nitrogens with zero attached hydrogens (tertiary/aromatic N) is 3. The Kier molecular flexibility index (Phi) is 3.93. The van der Waals surface area contributed by atoms with E-state index in [4.69, 9.17) is 0 Å². The summed E-state index contributed by atoms with van der Waals surface area (Å²) in [7, 11) is -3.05. The molecule has 2 aromatic heterocycles. The Morgan fingerprint density at radius 2 is 2.23 bits per heavy atom. The minimum absolute atomic E-state index is 0.0000483. The monoisotopic (exact) mass is 320 g/mol. The lowest BCUT2D eigenvalue weighted by molar-refractivity contribution is 0.0933. The Balaban J connectivity index is 1.74. The zero-order valence-corrected chi connectivity index (χ0v) is 12.7. The summed E-state index contributed by atoms with van der Waals surface area (Å²) in [6, 6.07) is 3.07. The van der Waals surface area contributed by atoms with Crippen molar-refractivity contribution in [3.8, 4) is 5.69 Å². The second kappa shape index (κ2) is 5.88. The van der Waals surface area contributed by atoms with Gasteiger partial charge < -0.3 is 9.88 Å². The molecular formula is C14H16N4O3S. The molecule has 116 valence electrons. The molecule has 0 spiro atoms. The van der Waals surface area contributed by atoms with E-state index in [1.165, 1.54) is 0 Å². The zero-order chi connectivity index (χ0) is 15.6. The Hall–Kier alpha value is -2.22. The highest BCUT2D eigenvalue weighted by Gasteiger charge is 2.26. The molecule has 3 heterocycles. The van der Waals surface area contributed by atoms with E-state index in [9.17, 15) is 13.2 Å². The van der Waals surface area contributed by atoms with Crippen LogP contribution in [0.2, 0.25) is 0 Å². The van der Waals surface area contributed by atoms with Crippen molar-refractivity contribution in [1.82, 2.24) is 19.9 Å². The fourth-order valence-electron chi connectivity index (χ4n) is 2.51. The molecule has 0 aliphatic carbocycles. The van der Waals surface area contributed by atoms with Crippen LogP contribution in [0, 0.1) is 0 Å². The van der Waals surface area contributed by atoms with E-state index in [-0.39, 0.29) is 29.1 Å². The number of aromatic nitrogens is 3. The van der Waals surface area contributed by atoms with Crippen molar-refractivity contribution < 1.29 is 13.2 Å². The normalized spacial score (nSPS) is 20.5. The van der Waals surface area contributed by atoms with Gasteiger partial charge in [-0.15, -0.1) is 0 Å². The molecule has 0 saturated carbocycles. The summed E-state index contributed by atoms with van der Waals surface area (Å²) in [5.74, 6) is -0.155. The third kappa shape index (κ3) is 3.33. The Morgan fingerprint density at radius 1 is 1.36 bits per heavy atom. The number of carbonyl (C=O) groups is 1. The number of rotatable bonds is 3. The van der Waals surface area contributed by atoms with Crippen molar-refractivity contribution >= 4 is 15.7 Å². The number of sulfone groups is 1. The van der Waals surface area contributed by atoms with Gasteiger partial charge in [-0.3, -0.25) is 9.78 Å². The fourth-order valence-corrected chi connectivity index (χ4v) is 4.15. The maximum atomic E-state index is 12.3. The highest BCUT2D eigenvalue weighted by atomic mass is 32.2. The van der Waals surface area contributed by atoms with E-state index in [0.717, 1.165) is 5.69 Å². The van der Waals surface area contributed by atoms with Crippen molar-refractivity contribution in [1.29, 1.82) is 0 Å². The number of hydrogen-bond acceptors (Lipinski definition) is 5. The predicted molar refractivity (Wildman–Crippen MR) is 80.5 cm³/mol. The topological polar surface area (TPSA) is 94.0 Å². The number of hydrogen-bond donors (Lipinski definition) is 1. The minimum Gasteiger partial charge on any atom is -0.347 e. The second-order valence-electron chi connectivity index (χ2n) is 5.30.